The summed E-state index contributed by atoms with van der Waals surface area (Å²) in [6.45, 7) is -0.298. The van der Waals surface area contributed by atoms with E-state index < -0.39 is 29.5 Å². The molecule has 2 rings (SSSR count). The van der Waals surface area contributed by atoms with Crippen molar-refractivity contribution in [3.63, 3.8) is 0 Å². The van der Waals surface area contributed by atoms with E-state index in [9.17, 15) is 18.8 Å². The number of carbonyl (C=O) groups is 3. The molecule has 1 aromatic carbocycles. The largest absolute Gasteiger partial charge is 0.368 e. The van der Waals surface area contributed by atoms with Crippen LogP contribution in [0.5, 0.6) is 0 Å². The molecule has 1 aromatic rings. The minimum absolute atomic E-state index is 0.0203. The van der Waals surface area contributed by atoms with Gasteiger partial charge in [0.25, 0.3) is 11.7 Å². The first-order valence-electron chi connectivity index (χ1n) is 5.23. The van der Waals surface area contributed by atoms with E-state index in [-0.39, 0.29) is 22.8 Å². The summed E-state index contributed by atoms with van der Waals surface area (Å²) in [5, 5.41) is -0.263. The molecule has 0 aliphatic carbocycles. The number of amides is 2. The van der Waals surface area contributed by atoms with Crippen molar-refractivity contribution in [3.05, 3.63) is 28.5 Å². The summed E-state index contributed by atoms with van der Waals surface area (Å²) in [4.78, 5) is 35.2. The van der Waals surface area contributed by atoms with E-state index >= 15 is 0 Å². The van der Waals surface area contributed by atoms with Gasteiger partial charge >= 0.3 is 0 Å². The maximum absolute atomic E-state index is 13.4. The molecular formula is C11H9ClFN3O3. The lowest BCUT2D eigenvalue weighted by Crippen LogP contribution is -2.47. The molecule has 0 saturated carbocycles. The number of nitrogens with two attached hydrogens (primary N) is 2. The summed E-state index contributed by atoms with van der Waals surface area (Å²) in [5.74, 6) is -3.33. The van der Waals surface area contributed by atoms with E-state index in [2.05, 4.69) is 0 Å². The zero-order chi connectivity index (χ0) is 14.3. The van der Waals surface area contributed by atoms with Crippen molar-refractivity contribution in [1.29, 1.82) is 0 Å². The maximum atomic E-state index is 13.4. The first kappa shape index (κ1) is 13.4. The fraction of sp³-hybridized carbons (Fsp3) is 0.182. The van der Waals surface area contributed by atoms with Crippen LogP contribution in [0.1, 0.15) is 10.4 Å². The molecule has 0 spiro atoms. The van der Waals surface area contributed by atoms with Crippen LogP contribution in [0, 0.1) is 5.82 Å². The predicted octanol–water partition coefficient (Wildman–Crippen LogP) is -0.179. The highest BCUT2D eigenvalue weighted by atomic mass is 35.5. The molecule has 2 amide bonds. The summed E-state index contributed by atoms with van der Waals surface area (Å²) in [6.07, 6.45) is 0. The second kappa shape index (κ2) is 4.60. The lowest BCUT2D eigenvalue weighted by molar-refractivity contribution is -0.119. The Hall–Kier alpha value is -1.99. The summed E-state index contributed by atoms with van der Waals surface area (Å²) >= 11 is 5.55. The molecule has 19 heavy (non-hydrogen) atoms. The minimum Gasteiger partial charge on any atom is -0.368 e. The first-order chi connectivity index (χ1) is 8.82. The molecule has 4 N–H and O–H groups in total. The number of anilines is 1. The van der Waals surface area contributed by atoms with Gasteiger partial charge < -0.3 is 16.4 Å². The highest BCUT2D eigenvalue weighted by Gasteiger charge is 2.38. The number of rotatable bonds is 3. The number of fused-ring (bicyclic) bond motifs is 1. The van der Waals surface area contributed by atoms with Crippen molar-refractivity contribution < 1.29 is 18.8 Å². The molecule has 1 aliphatic rings. The number of halogens is 2. The molecule has 100 valence electrons. The van der Waals surface area contributed by atoms with E-state index in [1.165, 1.54) is 0 Å². The zero-order valence-corrected chi connectivity index (χ0v) is 10.3. The van der Waals surface area contributed by atoms with Crippen molar-refractivity contribution in [1.82, 2.24) is 0 Å². The molecule has 0 radical (unpaired) electrons. The maximum Gasteiger partial charge on any atom is 0.299 e. The Morgan fingerprint density at radius 3 is 2.63 bits per heavy atom. The predicted molar refractivity (Wildman–Crippen MR) is 65.3 cm³/mol. The van der Waals surface area contributed by atoms with Crippen LogP contribution in [0.3, 0.4) is 0 Å². The summed E-state index contributed by atoms with van der Waals surface area (Å²) in [6, 6.07) is 0.873. The highest BCUT2D eigenvalue weighted by molar-refractivity contribution is 6.52. The van der Waals surface area contributed by atoms with E-state index in [1.54, 1.807) is 0 Å². The molecule has 0 bridgehead atoms. The highest BCUT2D eigenvalue weighted by Crippen LogP contribution is 2.33. The zero-order valence-electron chi connectivity index (χ0n) is 9.52. The molecule has 1 unspecified atom stereocenters. The van der Waals surface area contributed by atoms with Crippen molar-refractivity contribution in [3.8, 4) is 0 Å². The number of nitrogens with zero attached hydrogens (tertiary/aromatic N) is 1. The van der Waals surface area contributed by atoms with Gasteiger partial charge in [0.05, 0.1) is 22.8 Å². The van der Waals surface area contributed by atoms with Crippen LogP contribution in [0.4, 0.5) is 10.1 Å². The average Bonchev–Trinajstić information content (AvgIpc) is 2.56. The van der Waals surface area contributed by atoms with Gasteiger partial charge in [-0.3, -0.25) is 14.4 Å². The van der Waals surface area contributed by atoms with Gasteiger partial charge in [-0.25, -0.2) is 4.39 Å². The van der Waals surface area contributed by atoms with Gasteiger partial charge in [-0.1, -0.05) is 11.6 Å². The smallest absolute Gasteiger partial charge is 0.299 e. The Bertz CT molecular complexity index is 605. The Kier molecular flexibility index (Phi) is 3.25. The van der Waals surface area contributed by atoms with E-state index in [4.69, 9.17) is 23.1 Å². The second-order valence-electron chi connectivity index (χ2n) is 4.04. The number of carbonyl (C=O) groups excluding carboxylic acids is 3. The fourth-order valence-electron chi connectivity index (χ4n) is 1.76. The minimum atomic E-state index is -1.15. The number of benzene rings is 1. The molecule has 0 aromatic heterocycles. The Morgan fingerprint density at radius 1 is 1.42 bits per heavy atom. The van der Waals surface area contributed by atoms with Crippen LogP contribution >= 0.6 is 11.6 Å². The van der Waals surface area contributed by atoms with Gasteiger partial charge in [-0.2, -0.15) is 0 Å². The van der Waals surface area contributed by atoms with Crippen molar-refractivity contribution in [2.75, 3.05) is 11.4 Å². The third kappa shape index (κ3) is 2.18. The van der Waals surface area contributed by atoms with Gasteiger partial charge in [0, 0.05) is 0 Å². The molecule has 0 fully saturated rings. The Labute approximate surface area is 112 Å². The molecule has 1 heterocycles. The van der Waals surface area contributed by atoms with E-state index in [0.717, 1.165) is 17.0 Å². The van der Waals surface area contributed by atoms with Gasteiger partial charge in [0.2, 0.25) is 5.91 Å². The van der Waals surface area contributed by atoms with Crippen molar-refractivity contribution in [2.45, 2.75) is 6.04 Å². The number of hydrogen-bond acceptors (Lipinski definition) is 4. The first-order valence-corrected chi connectivity index (χ1v) is 5.61. The number of Topliss-reactive ketones (excluding diaryl/α,β-unsaturated/α-hetero) is 1. The molecular weight excluding hydrogens is 277 g/mol. The van der Waals surface area contributed by atoms with E-state index in [0.29, 0.717) is 0 Å². The van der Waals surface area contributed by atoms with Gasteiger partial charge in [0.1, 0.15) is 11.9 Å². The van der Waals surface area contributed by atoms with Crippen molar-refractivity contribution >= 4 is 34.9 Å². The van der Waals surface area contributed by atoms with Gasteiger partial charge in [-0.05, 0) is 12.1 Å². The van der Waals surface area contributed by atoms with Crippen molar-refractivity contribution in [2.24, 2.45) is 11.5 Å². The average molecular weight is 286 g/mol. The SMILES string of the molecule is NC(=O)C(N)CN1C(=O)C(=O)c2cc(Cl)c(F)cc21. The van der Waals surface area contributed by atoms with Crippen LogP contribution < -0.4 is 16.4 Å². The van der Waals surface area contributed by atoms with Gasteiger partial charge in [0.15, 0.2) is 0 Å². The monoisotopic (exact) mass is 285 g/mol. The Morgan fingerprint density at radius 2 is 2.05 bits per heavy atom. The van der Waals surface area contributed by atoms with Gasteiger partial charge in [-0.15, -0.1) is 0 Å². The quantitative estimate of drug-likeness (QED) is 0.751. The molecule has 6 nitrogen and oxygen atoms in total. The lowest BCUT2D eigenvalue weighted by atomic mass is 10.1. The van der Waals surface area contributed by atoms with Crippen LogP contribution in [-0.4, -0.2) is 30.2 Å². The van der Waals surface area contributed by atoms with Crippen LogP contribution in [0.15, 0.2) is 12.1 Å². The molecule has 1 atom stereocenters. The fourth-order valence-corrected chi connectivity index (χ4v) is 1.92. The summed E-state index contributed by atoms with van der Waals surface area (Å²) in [7, 11) is 0. The van der Waals surface area contributed by atoms with Crippen LogP contribution in [0.2, 0.25) is 5.02 Å². The lowest BCUT2D eigenvalue weighted by Gasteiger charge is -2.19. The number of ketones is 1. The number of primary amides is 1. The third-order valence-electron chi connectivity index (χ3n) is 2.76. The summed E-state index contributed by atoms with van der Waals surface area (Å²) in [5.41, 5.74) is 10.4. The Balaban J connectivity index is 2.44. The molecule has 8 heteroatoms. The summed E-state index contributed by atoms with van der Waals surface area (Å²) < 4.78 is 13.4. The standard InChI is InChI=1S/C11H9ClFN3O3/c12-5-1-4-8(2-6(5)13)16(11(19)9(4)17)3-7(14)10(15)18/h1-2,7H,3,14H2,(H2,15,18). The van der Waals surface area contributed by atoms with E-state index in [1.807, 2.05) is 0 Å². The number of hydrogen-bond donors (Lipinski definition) is 2. The second-order valence-corrected chi connectivity index (χ2v) is 4.44. The van der Waals surface area contributed by atoms with Crippen LogP contribution in [0.25, 0.3) is 0 Å². The molecule has 0 saturated heterocycles. The topological polar surface area (TPSA) is 106 Å². The van der Waals surface area contributed by atoms with Crippen LogP contribution in [-0.2, 0) is 9.59 Å². The molecule has 1 aliphatic heterocycles. The third-order valence-corrected chi connectivity index (χ3v) is 3.05. The normalized spacial score (nSPS) is 15.6.